The molecule has 26 heavy (non-hydrogen) atoms. The van der Waals surface area contributed by atoms with Gasteiger partial charge in [-0.15, -0.1) is 0 Å². The Morgan fingerprint density at radius 2 is 1.77 bits per heavy atom. The topological polar surface area (TPSA) is 62.3 Å². The molecule has 1 aromatic heterocycles. The van der Waals surface area contributed by atoms with Crippen LogP contribution in [-0.2, 0) is 16.4 Å². The van der Waals surface area contributed by atoms with Gasteiger partial charge in [-0.3, -0.25) is 4.90 Å². The van der Waals surface area contributed by atoms with Gasteiger partial charge in [-0.2, -0.15) is 0 Å². The zero-order chi connectivity index (χ0) is 18.1. The fourth-order valence-electron chi connectivity index (χ4n) is 4.44. The van der Waals surface area contributed by atoms with E-state index in [9.17, 15) is 8.42 Å². The molecule has 2 saturated heterocycles. The van der Waals surface area contributed by atoms with Gasteiger partial charge in [-0.1, -0.05) is 30.3 Å². The molecule has 0 radical (unpaired) electrons. The molecule has 0 spiro atoms. The van der Waals surface area contributed by atoms with Crippen molar-refractivity contribution in [1.29, 1.82) is 0 Å². The minimum Gasteiger partial charge on any atom is -0.366 e. The Hall–Kier alpha value is -1.92. The van der Waals surface area contributed by atoms with Crippen LogP contribution >= 0.6 is 0 Å². The lowest BCUT2D eigenvalue weighted by molar-refractivity contribution is 0.124. The molecule has 2 bridgehead atoms. The Labute approximate surface area is 155 Å². The van der Waals surface area contributed by atoms with E-state index in [1.165, 1.54) is 24.7 Å². The van der Waals surface area contributed by atoms with Crippen molar-refractivity contribution < 1.29 is 8.42 Å². The molecule has 2 aromatic rings. The molecule has 2 aliphatic heterocycles. The Morgan fingerprint density at radius 1 is 1.08 bits per heavy atom. The van der Waals surface area contributed by atoms with Gasteiger partial charge in [0.15, 0.2) is 9.84 Å². The fraction of sp³-hybridized carbons (Fsp3) is 0.450. The third-order valence-corrected chi connectivity index (χ3v) is 6.73. The summed E-state index contributed by atoms with van der Waals surface area (Å²) in [6, 6.07) is 15.3. The van der Waals surface area contributed by atoms with Crippen molar-refractivity contribution in [3.8, 4) is 0 Å². The first-order valence-electron chi connectivity index (χ1n) is 9.22. The lowest BCUT2D eigenvalue weighted by Crippen LogP contribution is -2.46. The van der Waals surface area contributed by atoms with Gasteiger partial charge in [0.1, 0.15) is 10.7 Å². The summed E-state index contributed by atoms with van der Waals surface area (Å²) in [6.07, 6.45) is 7.39. The van der Waals surface area contributed by atoms with Crippen molar-refractivity contribution in [1.82, 2.24) is 9.88 Å². The molecule has 2 aliphatic rings. The zero-order valence-corrected chi connectivity index (χ0v) is 15.8. The van der Waals surface area contributed by atoms with Crippen molar-refractivity contribution >= 4 is 15.7 Å². The van der Waals surface area contributed by atoms with Crippen molar-refractivity contribution in [2.75, 3.05) is 11.6 Å². The summed E-state index contributed by atoms with van der Waals surface area (Å²) >= 11 is 0. The van der Waals surface area contributed by atoms with Crippen LogP contribution in [0.1, 0.15) is 31.2 Å². The Bertz CT molecular complexity index is 856. The van der Waals surface area contributed by atoms with E-state index >= 15 is 0 Å². The summed E-state index contributed by atoms with van der Waals surface area (Å²) < 4.78 is 24.0. The molecule has 138 valence electrons. The highest BCUT2D eigenvalue weighted by Crippen LogP contribution is 2.38. The molecule has 0 amide bonds. The molecule has 3 heterocycles. The van der Waals surface area contributed by atoms with Gasteiger partial charge in [0.25, 0.3) is 0 Å². The molecule has 2 unspecified atom stereocenters. The Kier molecular flexibility index (Phi) is 4.71. The standard InChI is InChI=1S/C20H25N3O2S/c1-26(24,25)19-8-5-11-21-20(19)22-16-12-17-9-10-18(13-16)23(17)14-15-6-3-2-4-7-15/h2-8,11,16-18H,9-10,12-14H2,1H3,(H,21,22). The van der Waals surface area contributed by atoms with E-state index < -0.39 is 9.84 Å². The summed E-state index contributed by atoms with van der Waals surface area (Å²) in [4.78, 5) is 7.21. The number of anilines is 1. The quantitative estimate of drug-likeness (QED) is 0.875. The first-order chi connectivity index (χ1) is 12.5. The number of benzene rings is 1. The SMILES string of the molecule is CS(=O)(=O)c1cccnc1NC1CC2CCC(C1)N2Cc1ccccc1. The molecule has 1 aromatic carbocycles. The molecule has 0 aliphatic carbocycles. The molecule has 2 fully saturated rings. The lowest BCUT2D eigenvalue weighted by atomic mass is 9.96. The van der Waals surface area contributed by atoms with E-state index in [2.05, 4.69) is 45.5 Å². The predicted molar refractivity (Wildman–Crippen MR) is 103 cm³/mol. The van der Waals surface area contributed by atoms with Crippen LogP contribution in [-0.4, -0.2) is 42.7 Å². The van der Waals surface area contributed by atoms with E-state index in [0.29, 0.717) is 22.8 Å². The molecule has 4 rings (SSSR count). The predicted octanol–water partition coefficient (Wildman–Crippen LogP) is 3.09. The second-order valence-electron chi connectivity index (χ2n) is 7.48. The number of sulfone groups is 1. The van der Waals surface area contributed by atoms with Gasteiger partial charge >= 0.3 is 0 Å². The molecule has 6 heteroatoms. The monoisotopic (exact) mass is 371 g/mol. The molecule has 2 atom stereocenters. The number of pyridine rings is 1. The van der Waals surface area contributed by atoms with Crippen LogP contribution in [0.2, 0.25) is 0 Å². The van der Waals surface area contributed by atoms with Crippen LogP contribution in [0.15, 0.2) is 53.6 Å². The second-order valence-corrected chi connectivity index (χ2v) is 9.46. The van der Waals surface area contributed by atoms with E-state index in [1.807, 2.05) is 0 Å². The second kappa shape index (κ2) is 7.00. The number of fused-ring (bicyclic) bond motifs is 2. The fourth-order valence-corrected chi connectivity index (χ4v) is 5.22. The summed E-state index contributed by atoms with van der Waals surface area (Å²) in [5.41, 5.74) is 1.36. The highest BCUT2D eigenvalue weighted by Gasteiger charge is 2.40. The average Bonchev–Trinajstić information content (AvgIpc) is 2.85. The van der Waals surface area contributed by atoms with Gasteiger partial charge in [-0.25, -0.2) is 13.4 Å². The van der Waals surface area contributed by atoms with Gasteiger partial charge in [-0.05, 0) is 43.4 Å². The van der Waals surface area contributed by atoms with Gasteiger partial charge < -0.3 is 5.32 Å². The molecule has 0 saturated carbocycles. The third-order valence-electron chi connectivity index (χ3n) is 5.60. The van der Waals surface area contributed by atoms with E-state index in [-0.39, 0.29) is 6.04 Å². The van der Waals surface area contributed by atoms with Gasteiger partial charge in [0.2, 0.25) is 0 Å². The van der Waals surface area contributed by atoms with E-state index in [0.717, 1.165) is 19.4 Å². The summed E-state index contributed by atoms with van der Waals surface area (Å²) in [5, 5.41) is 3.42. The molecule has 1 N–H and O–H groups in total. The molecular formula is C20H25N3O2S. The van der Waals surface area contributed by atoms with Crippen LogP contribution in [0, 0.1) is 0 Å². The molecular weight excluding hydrogens is 346 g/mol. The van der Waals surface area contributed by atoms with Crippen LogP contribution in [0.25, 0.3) is 0 Å². The maximum absolute atomic E-state index is 12.0. The molecule has 5 nitrogen and oxygen atoms in total. The number of rotatable bonds is 5. The van der Waals surface area contributed by atoms with E-state index in [4.69, 9.17) is 0 Å². The van der Waals surface area contributed by atoms with Gasteiger partial charge in [0.05, 0.1) is 0 Å². The Morgan fingerprint density at radius 3 is 2.42 bits per heavy atom. The van der Waals surface area contributed by atoms with Crippen molar-refractivity contribution in [2.24, 2.45) is 0 Å². The van der Waals surface area contributed by atoms with Crippen molar-refractivity contribution in [3.63, 3.8) is 0 Å². The van der Waals surface area contributed by atoms with Crippen LogP contribution in [0.5, 0.6) is 0 Å². The van der Waals surface area contributed by atoms with Crippen LogP contribution in [0.3, 0.4) is 0 Å². The maximum atomic E-state index is 12.0. The highest BCUT2D eigenvalue weighted by atomic mass is 32.2. The van der Waals surface area contributed by atoms with Crippen LogP contribution < -0.4 is 5.32 Å². The summed E-state index contributed by atoms with van der Waals surface area (Å²) in [5.74, 6) is 0.496. The van der Waals surface area contributed by atoms with Crippen LogP contribution in [0.4, 0.5) is 5.82 Å². The van der Waals surface area contributed by atoms with Crippen molar-refractivity contribution in [2.45, 2.75) is 55.2 Å². The summed E-state index contributed by atoms with van der Waals surface area (Å²) in [6.45, 7) is 1.00. The normalized spacial score (nSPS) is 26.0. The first kappa shape index (κ1) is 17.5. The number of nitrogens with zero attached hydrogens (tertiary/aromatic N) is 2. The third kappa shape index (κ3) is 3.62. The lowest BCUT2D eigenvalue weighted by Gasteiger charge is -2.39. The minimum atomic E-state index is -3.28. The Balaban J connectivity index is 1.47. The van der Waals surface area contributed by atoms with E-state index in [1.54, 1.807) is 18.3 Å². The largest absolute Gasteiger partial charge is 0.366 e. The maximum Gasteiger partial charge on any atom is 0.179 e. The average molecular weight is 372 g/mol. The number of hydrogen-bond donors (Lipinski definition) is 1. The first-order valence-corrected chi connectivity index (χ1v) is 11.1. The number of piperidine rings is 1. The number of aromatic nitrogens is 1. The minimum absolute atomic E-state index is 0.273. The van der Waals surface area contributed by atoms with Gasteiger partial charge in [0, 0.05) is 37.1 Å². The summed E-state index contributed by atoms with van der Waals surface area (Å²) in [7, 11) is -3.28. The smallest absolute Gasteiger partial charge is 0.179 e. The highest BCUT2D eigenvalue weighted by molar-refractivity contribution is 7.90. The zero-order valence-electron chi connectivity index (χ0n) is 15.0. The van der Waals surface area contributed by atoms with Crippen molar-refractivity contribution in [3.05, 3.63) is 54.2 Å². The number of nitrogens with one attached hydrogen (secondary N) is 1. The number of hydrogen-bond acceptors (Lipinski definition) is 5.